The number of aromatic nitrogens is 4. The van der Waals surface area contributed by atoms with Crippen molar-refractivity contribution in [3.05, 3.63) is 54.7 Å². The number of rotatable bonds is 5. The van der Waals surface area contributed by atoms with Crippen molar-refractivity contribution in [2.45, 2.75) is 11.4 Å². The van der Waals surface area contributed by atoms with Crippen molar-refractivity contribution >= 4 is 9.84 Å². The van der Waals surface area contributed by atoms with Crippen molar-refractivity contribution in [2.75, 3.05) is 13.4 Å². The highest BCUT2D eigenvalue weighted by atomic mass is 32.2. The Morgan fingerprint density at radius 2 is 2.08 bits per heavy atom. The van der Waals surface area contributed by atoms with Gasteiger partial charge in [0.1, 0.15) is 12.7 Å². The fourth-order valence-electron chi connectivity index (χ4n) is 2.35. The molecule has 0 unspecified atom stereocenters. The Bertz CT molecular complexity index is 953. The Morgan fingerprint density at radius 1 is 1.25 bits per heavy atom. The lowest BCUT2D eigenvalue weighted by atomic mass is 10.1. The van der Waals surface area contributed by atoms with E-state index < -0.39 is 9.84 Å². The van der Waals surface area contributed by atoms with Gasteiger partial charge in [-0.25, -0.2) is 23.1 Å². The van der Waals surface area contributed by atoms with Gasteiger partial charge in [0.2, 0.25) is 5.88 Å². The zero-order valence-electron chi connectivity index (χ0n) is 13.2. The first-order valence-electron chi connectivity index (χ1n) is 7.13. The van der Waals surface area contributed by atoms with Crippen LogP contribution in [0.4, 0.5) is 0 Å². The van der Waals surface area contributed by atoms with Crippen LogP contribution in [0.25, 0.3) is 11.1 Å². The first kappa shape index (κ1) is 16.1. The highest BCUT2D eigenvalue weighted by Crippen LogP contribution is 2.30. The molecule has 0 saturated heterocycles. The van der Waals surface area contributed by atoms with Crippen LogP contribution >= 0.6 is 0 Å². The van der Waals surface area contributed by atoms with Gasteiger partial charge in [0.05, 0.1) is 18.6 Å². The second kappa shape index (κ2) is 6.40. The molecular weight excluding hydrogens is 328 g/mol. The molecule has 0 aliphatic carbocycles. The molecule has 0 aliphatic heterocycles. The van der Waals surface area contributed by atoms with E-state index >= 15 is 0 Å². The zero-order chi connectivity index (χ0) is 17.2. The van der Waals surface area contributed by atoms with Gasteiger partial charge in [0.15, 0.2) is 9.84 Å². The van der Waals surface area contributed by atoms with E-state index in [2.05, 4.69) is 15.1 Å². The van der Waals surface area contributed by atoms with Crippen LogP contribution in [0.15, 0.2) is 54.1 Å². The Labute approximate surface area is 139 Å². The molecule has 0 atom stereocenters. The molecule has 1 aromatic carbocycles. The van der Waals surface area contributed by atoms with E-state index in [0.29, 0.717) is 12.4 Å². The quantitative estimate of drug-likeness (QED) is 0.701. The molecule has 2 aromatic heterocycles. The summed E-state index contributed by atoms with van der Waals surface area (Å²) in [5.74, 6) is 0.433. The molecule has 0 radical (unpaired) electrons. The molecule has 0 bridgehead atoms. The van der Waals surface area contributed by atoms with E-state index in [0.717, 1.165) is 16.7 Å². The number of pyridine rings is 1. The van der Waals surface area contributed by atoms with Crippen molar-refractivity contribution < 1.29 is 13.2 Å². The van der Waals surface area contributed by atoms with Crippen LogP contribution in [0.2, 0.25) is 0 Å². The maximum absolute atomic E-state index is 11.8. The lowest BCUT2D eigenvalue weighted by molar-refractivity contribution is 0.399. The number of sulfone groups is 1. The van der Waals surface area contributed by atoms with E-state index in [9.17, 15) is 8.42 Å². The largest absolute Gasteiger partial charge is 0.481 e. The van der Waals surface area contributed by atoms with Crippen LogP contribution in [0.5, 0.6) is 5.88 Å². The van der Waals surface area contributed by atoms with Crippen molar-refractivity contribution in [1.82, 2.24) is 19.7 Å². The number of ether oxygens (including phenoxy) is 1. The Morgan fingerprint density at radius 3 is 2.75 bits per heavy atom. The highest BCUT2D eigenvalue weighted by molar-refractivity contribution is 7.90. The number of benzene rings is 1. The molecular formula is C16H16N4O3S. The molecule has 24 heavy (non-hydrogen) atoms. The van der Waals surface area contributed by atoms with Crippen LogP contribution in [0.3, 0.4) is 0 Å². The first-order valence-corrected chi connectivity index (χ1v) is 9.02. The number of hydrogen-bond acceptors (Lipinski definition) is 6. The Kier molecular flexibility index (Phi) is 4.30. The van der Waals surface area contributed by atoms with Crippen molar-refractivity contribution in [3.8, 4) is 17.0 Å². The van der Waals surface area contributed by atoms with Gasteiger partial charge in [-0.15, -0.1) is 0 Å². The minimum absolute atomic E-state index is 0.253. The van der Waals surface area contributed by atoms with Gasteiger partial charge in [-0.3, -0.25) is 0 Å². The van der Waals surface area contributed by atoms with Gasteiger partial charge in [0.25, 0.3) is 0 Å². The Balaban J connectivity index is 2.05. The summed E-state index contributed by atoms with van der Waals surface area (Å²) in [5.41, 5.74) is 2.35. The van der Waals surface area contributed by atoms with E-state index in [1.54, 1.807) is 35.4 Å². The van der Waals surface area contributed by atoms with E-state index in [1.165, 1.54) is 19.7 Å². The fourth-order valence-corrected chi connectivity index (χ4v) is 3.01. The van der Waals surface area contributed by atoms with Gasteiger partial charge in [-0.1, -0.05) is 12.1 Å². The summed E-state index contributed by atoms with van der Waals surface area (Å²) in [6.07, 6.45) is 5.97. The second-order valence-corrected chi connectivity index (χ2v) is 7.31. The standard InChI is InChI=1S/C16H16N4O3S/c1-23-16-15(13-4-3-5-14(7-13)24(2,21)22)6-12(8-18-16)9-20-11-17-10-19-20/h3-8,10-11H,9H2,1-2H3. The lowest BCUT2D eigenvalue weighted by Gasteiger charge is -2.11. The van der Waals surface area contributed by atoms with Crippen LogP contribution < -0.4 is 4.74 Å². The van der Waals surface area contributed by atoms with Crippen molar-refractivity contribution in [3.63, 3.8) is 0 Å². The maximum Gasteiger partial charge on any atom is 0.221 e. The summed E-state index contributed by atoms with van der Waals surface area (Å²) in [6.45, 7) is 0.510. The minimum atomic E-state index is -3.29. The molecule has 3 rings (SSSR count). The average Bonchev–Trinajstić information content (AvgIpc) is 3.07. The second-order valence-electron chi connectivity index (χ2n) is 5.29. The van der Waals surface area contributed by atoms with E-state index in [-0.39, 0.29) is 4.90 Å². The molecule has 0 N–H and O–H groups in total. The topological polar surface area (TPSA) is 87.0 Å². The number of methoxy groups -OCH3 is 1. The van der Waals surface area contributed by atoms with Crippen LogP contribution in [0, 0.1) is 0 Å². The third-order valence-corrected chi connectivity index (χ3v) is 4.60. The summed E-state index contributed by atoms with van der Waals surface area (Å²) >= 11 is 0. The molecule has 124 valence electrons. The zero-order valence-corrected chi connectivity index (χ0v) is 14.1. The third kappa shape index (κ3) is 3.43. The molecule has 3 aromatic rings. The van der Waals surface area contributed by atoms with Crippen molar-refractivity contribution in [1.29, 1.82) is 0 Å². The molecule has 0 aliphatic rings. The summed E-state index contributed by atoms with van der Waals surface area (Å²) in [7, 11) is -1.76. The van der Waals surface area contributed by atoms with Gasteiger partial charge in [-0.05, 0) is 29.3 Å². The summed E-state index contributed by atoms with van der Waals surface area (Å²) in [5, 5.41) is 4.07. The van der Waals surface area contributed by atoms with Crippen LogP contribution in [0.1, 0.15) is 5.56 Å². The molecule has 8 heteroatoms. The maximum atomic E-state index is 11.8. The van der Waals surface area contributed by atoms with E-state index in [1.807, 2.05) is 12.1 Å². The number of nitrogens with zero attached hydrogens (tertiary/aromatic N) is 4. The smallest absolute Gasteiger partial charge is 0.221 e. The Hall–Kier alpha value is -2.74. The molecule has 0 fully saturated rings. The molecule has 0 spiro atoms. The third-order valence-electron chi connectivity index (χ3n) is 3.49. The molecule has 2 heterocycles. The SMILES string of the molecule is COc1ncc(Cn2cncn2)cc1-c1cccc(S(C)(=O)=O)c1. The summed E-state index contributed by atoms with van der Waals surface area (Å²) < 4.78 is 30.6. The normalized spacial score (nSPS) is 11.4. The van der Waals surface area contributed by atoms with Crippen LogP contribution in [-0.4, -0.2) is 41.5 Å². The monoisotopic (exact) mass is 344 g/mol. The lowest BCUT2D eigenvalue weighted by Crippen LogP contribution is -2.02. The van der Waals surface area contributed by atoms with Gasteiger partial charge >= 0.3 is 0 Å². The molecule has 7 nitrogen and oxygen atoms in total. The molecule has 0 amide bonds. The van der Waals surface area contributed by atoms with E-state index in [4.69, 9.17) is 4.74 Å². The predicted octanol–water partition coefficient (Wildman–Crippen LogP) is 1.80. The number of hydrogen-bond donors (Lipinski definition) is 0. The minimum Gasteiger partial charge on any atom is -0.481 e. The van der Waals surface area contributed by atoms with Gasteiger partial charge < -0.3 is 4.74 Å². The average molecular weight is 344 g/mol. The highest BCUT2D eigenvalue weighted by Gasteiger charge is 2.13. The van der Waals surface area contributed by atoms with Gasteiger partial charge in [0, 0.05) is 18.0 Å². The fraction of sp³-hybridized carbons (Fsp3) is 0.188. The summed E-state index contributed by atoms with van der Waals surface area (Å²) in [4.78, 5) is 8.48. The van der Waals surface area contributed by atoms with Crippen molar-refractivity contribution in [2.24, 2.45) is 0 Å². The first-order chi connectivity index (χ1) is 11.5. The van der Waals surface area contributed by atoms with Crippen LogP contribution in [-0.2, 0) is 16.4 Å². The predicted molar refractivity (Wildman–Crippen MR) is 88.5 cm³/mol. The van der Waals surface area contributed by atoms with Gasteiger partial charge in [-0.2, -0.15) is 5.10 Å². The summed E-state index contributed by atoms with van der Waals surface area (Å²) in [6, 6.07) is 8.63. The molecule has 0 saturated carbocycles.